The van der Waals surface area contributed by atoms with Gasteiger partial charge in [0.05, 0.1) is 22.9 Å². The fourth-order valence-corrected chi connectivity index (χ4v) is 3.74. The van der Waals surface area contributed by atoms with Gasteiger partial charge in [-0.15, -0.1) is 11.3 Å². The van der Waals surface area contributed by atoms with E-state index in [1.54, 1.807) is 0 Å². The Labute approximate surface area is 137 Å². The van der Waals surface area contributed by atoms with Crippen LogP contribution in [0.15, 0.2) is 0 Å². The molecule has 2 rings (SSSR count). The summed E-state index contributed by atoms with van der Waals surface area (Å²) in [4.78, 5) is 19.9. The lowest BCUT2D eigenvalue weighted by atomic mass is 10.2. The Kier molecular flexibility index (Phi) is 5.94. The van der Waals surface area contributed by atoms with Crippen LogP contribution in [0.5, 0.6) is 0 Å². The number of carbonyl (C=O) groups excluding carboxylic acids is 1. The van der Waals surface area contributed by atoms with Crippen LogP contribution in [0.3, 0.4) is 0 Å². The third-order valence-electron chi connectivity index (χ3n) is 3.72. The fraction of sp³-hybridized carbons (Fsp3) is 0.750. The lowest BCUT2D eigenvalue weighted by Crippen LogP contribution is -2.47. The number of thiazole rings is 1. The van der Waals surface area contributed by atoms with Crippen LogP contribution >= 0.6 is 11.3 Å². The van der Waals surface area contributed by atoms with Crippen LogP contribution in [0.2, 0.25) is 0 Å². The van der Waals surface area contributed by atoms with Gasteiger partial charge >= 0.3 is 0 Å². The van der Waals surface area contributed by atoms with Gasteiger partial charge < -0.3 is 10.1 Å². The van der Waals surface area contributed by atoms with Gasteiger partial charge in [0.2, 0.25) is 0 Å². The highest BCUT2D eigenvalue weighted by atomic mass is 32.1. The Hall–Kier alpha value is -0.980. The van der Waals surface area contributed by atoms with E-state index in [1.807, 2.05) is 6.92 Å². The van der Waals surface area contributed by atoms with Crippen molar-refractivity contribution in [2.75, 3.05) is 26.2 Å². The maximum Gasteiger partial charge on any atom is 0.263 e. The Balaban J connectivity index is 1.83. The molecule has 1 saturated heterocycles. The number of hydrogen-bond acceptors (Lipinski definition) is 5. The molecule has 1 aliphatic heterocycles. The molecule has 0 bridgehead atoms. The van der Waals surface area contributed by atoms with Crippen molar-refractivity contribution in [3.63, 3.8) is 0 Å². The van der Waals surface area contributed by atoms with Crippen molar-refractivity contribution in [1.82, 2.24) is 15.2 Å². The van der Waals surface area contributed by atoms with Gasteiger partial charge in [-0.2, -0.15) is 0 Å². The molecular formula is C16H27N3O2S. The highest BCUT2D eigenvalue weighted by molar-refractivity contribution is 7.13. The minimum atomic E-state index is -0.00347. The molecule has 2 atom stereocenters. The molecule has 0 aliphatic carbocycles. The SMILES string of the molecule is Cc1nc(C(C)C)sc1C(=O)NCCN1C[C@@H](C)O[C@@H](C)C1. The van der Waals surface area contributed by atoms with E-state index in [-0.39, 0.29) is 18.1 Å². The zero-order chi connectivity index (χ0) is 16.3. The largest absolute Gasteiger partial charge is 0.373 e. The summed E-state index contributed by atoms with van der Waals surface area (Å²) in [6.45, 7) is 13.7. The maximum absolute atomic E-state index is 12.3. The van der Waals surface area contributed by atoms with Crippen LogP contribution in [0.1, 0.15) is 54.0 Å². The first-order chi connectivity index (χ1) is 10.4. The standard InChI is InChI=1S/C16H27N3O2S/c1-10(2)16-18-13(5)14(22-16)15(20)17-6-7-19-8-11(3)21-12(4)9-19/h10-12H,6-9H2,1-5H3,(H,17,20)/t11-,12+. The number of hydrogen-bond donors (Lipinski definition) is 1. The summed E-state index contributed by atoms with van der Waals surface area (Å²) in [5.41, 5.74) is 0.833. The molecule has 1 aromatic rings. The van der Waals surface area contributed by atoms with Gasteiger partial charge in [-0.3, -0.25) is 9.69 Å². The molecule has 1 N–H and O–H groups in total. The smallest absolute Gasteiger partial charge is 0.263 e. The summed E-state index contributed by atoms with van der Waals surface area (Å²) >= 11 is 1.51. The number of amides is 1. The van der Waals surface area contributed by atoms with Gasteiger partial charge in [0, 0.05) is 32.1 Å². The zero-order valence-electron chi connectivity index (χ0n) is 14.2. The van der Waals surface area contributed by atoms with E-state index in [2.05, 4.69) is 42.9 Å². The third-order valence-corrected chi connectivity index (χ3v) is 5.18. The van der Waals surface area contributed by atoms with Crippen LogP contribution in [0.25, 0.3) is 0 Å². The molecule has 5 nitrogen and oxygen atoms in total. The normalized spacial score (nSPS) is 23.0. The number of aromatic nitrogens is 1. The Bertz CT molecular complexity index is 505. The first-order valence-electron chi connectivity index (χ1n) is 8.00. The topological polar surface area (TPSA) is 54.5 Å². The first-order valence-corrected chi connectivity index (χ1v) is 8.81. The number of nitrogens with zero attached hydrogens (tertiary/aromatic N) is 2. The third kappa shape index (κ3) is 4.51. The minimum Gasteiger partial charge on any atom is -0.373 e. The molecule has 0 spiro atoms. The second-order valence-corrected chi connectivity index (χ2v) is 7.42. The first kappa shape index (κ1) is 17.4. The van der Waals surface area contributed by atoms with Crippen molar-refractivity contribution in [2.24, 2.45) is 0 Å². The summed E-state index contributed by atoms with van der Waals surface area (Å²) in [7, 11) is 0. The molecule has 22 heavy (non-hydrogen) atoms. The molecule has 0 saturated carbocycles. The number of rotatable bonds is 5. The van der Waals surface area contributed by atoms with E-state index >= 15 is 0 Å². The Morgan fingerprint density at radius 2 is 2.05 bits per heavy atom. The average molecular weight is 325 g/mol. The van der Waals surface area contributed by atoms with E-state index in [0.717, 1.165) is 35.2 Å². The summed E-state index contributed by atoms with van der Waals surface area (Å²) < 4.78 is 5.72. The van der Waals surface area contributed by atoms with E-state index < -0.39 is 0 Å². The zero-order valence-corrected chi connectivity index (χ0v) is 15.0. The quantitative estimate of drug-likeness (QED) is 0.903. The number of ether oxygens (including phenoxy) is 1. The highest BCUT2D eigenvalue weighted by Gasteiger charge is 2.22. The predicted octanol–water partition coefficient (Wildman–Crippen LogP) is 2.41. The van der Waals surface area contributed by atoms with Crippen LogP contribution in [-0.2, 0) is 4.74 Å². The molecule has 1 aromatic heterocycles. The molecule has 6 heteroatoms. The van der Waals surface area contributed by atoms with Crippen molar-refractivity contribution in [3.8, 4) is 0 Å². The van der Waals surface area contributed by atoms with Crippen LogP contribution in [-0.4, -0.2) is 54.2 Å². The monoisotopic (exact) mass is 325 g/mol. The van der Waals surface area contributed by atoms with Gasteiger partial charge in [-0.1, -0.05) is 13.8 Å². The van der Waals surface area contributed by atoms with Gasteiger partial charge in [-0.05, 0) is 20.8 Å². The van der Waals surface area contributed by atoms with Crippen molar-refractivity contribution in [2.45, 2.75) is 52.7 Å². The summed E-state index contributed by atoms with van der Waals surface area (Å²) in [6.07, 6.45) is 0.522. The van der Waals surface area contributed by atoms with Crippen LogP contribution in [0.4, 0.5) is 0 Å². The van der Waals surface area contributed by atoms with E-state index in [0.29, 0.717) is 12.5 Å². The molecule has 2 heterocycles. The van der Waals surface area contributed by atoms with Crippen LogP contribution in [0, 0.1) is 6.92 Å². The molecule has 0 radical (unpaired) electrons. The lowest BCUT2D eigenvalue weighted by molar-refractivity contribution is -0.0672. The number of aryl methyl sites for hydroxylation is 1. The van der Waals surface area contributed by atoms with Crippen molar-refractivity contribution >= 4 is 17.2 Å². The number of nitrogens with one attached hydrogen (secondary N) is 1. The molecule has 124 valence electrons. The molecule has 0 unspecified atom stereocenters. The molecular weight excluding hydrogens is 298 g/mol. The fourth-order valence-electron chi connectivity index (χ4n) is 2.75. The highest BCUT2D eigenvalue weighted by Crippen LogP contribution is 2.24. The van der Waals surface area contributed by atoms with Crippen LogP contribution < -0.4 is 5.32 Å². The van der Waals surface area contributed by atoms with Crippen molar-refractivity contribution in [3.05, 3.63) is 15.6 Å². The van der Waals surface area contributed by atoms with Crippen molar-refractivity contribution in [1.29, 1.82) is 0 Å². The second kappa shape index (κ2) is 7.53. The molecule has 0 aromatic carbocycles. The summed E-state index contributed by atoms with van der Waals surface area (Å²) in [6, 6.07) is 0. The van der Waals surface area contributed by atoms with Gasteiger partial charge in [0.1, 0.15) is 4.88 Å². The lowest BCUT2D eigenvalue weighted by Gasteiger charge is -2.35. The van der Waals surface area contributed by atoms with Gasteiger partial charge in [0.25, 0.3) is 5.91 Å². The molecule has 1 fully saturated rings. The van der Waals surface area contributed by atoms with E-state index in [1.165, 1.54) is 11.3 Å². The number of morpholine rings is 1. The number of carbonyl (C=O) groups is 1. The average Bonchev–Trinajstić information content (AvgIpc) is 2.80. The van der Waals surface area contributed by atoms with Gasteiger partial charge in [0.15, 0.2) is 0 Å². The van der Waals surface area contributed by atoms with E-state index in [4.69, 9.17) is 4.74 Å². The minimum absolute atomic E-state index is 0.00347. The molecule has 1 aliphatic rings. The van der Waals surface area contributed by atoms with E-state index in [9.17, 15) is 4.79 Å². The van der Waals surface area contributed by atoms with Crippen molar-refractivity contribution < 1.29 is 9.53 Å². The summed E-state index contributed by atoms with van der Waals surface area (Å²) in [5.74, 6) is 0.359. The second-order valence-electron chi connectivity index (χ2n) is 6.39. The molecule has 1 amide bonds. The predicted molar refractivity (Wildman–Crippen MR) is 89.7 cm³/mol. The van der Waals surface area contributed by atoms with Gasteiger partial charge in [-0.25, -0.2) is 4.98 Å². The summed E-state index contributed by atoms with van der Waals surface area (Å²) in [5, 5.41) is 4.04. The maximum atomic E-state index is 12.3. The Morgan fingerprint density at radius 3 is 2.59 bits per heavy atom. The Morgan fingerprint density at radius 1 is 1.41 bits per heavy atom.